The minimum absolute atomic E-state index is 0.0681. The predicted octanol–water partition coefficient (Wildman–Crippen LogP) is 3.13. The van der Waals surface area contributed by atoms with Crippen LogP contribution < -0.4 is 5.73 Å². The third-order valence-electron chi connectivity index (χ3n) is 4.74. The van der Waals surface area contributed by atoms with Crippen LogP contribution in [0.25, 0.3) is 16.8 Å². The molecule has 1 unspecified atom stereocenters. The normalized spacial score (nSPS) is 12.1. The number of halogens is 1. The van der Waals surface area contributed by atoms with Crippen molar-refractivity contribution in [2.75, 3.05) is 12.8 Å². The molecule has 8 heteroatoms. The summed E-state index contributed by atoms with van der Waals surface area (Å²) in [4.78, 5) is 17.1. The van der Waals surface area contributed by atoms with E-state index in [0.29, 0.717) is 28.0 Å². The fourth-order valence-electron chi connectivity index (χ4n) is 3.41. The Hall–Kier alpha value is -3.94. The van der Waals surface area contributed by atoms with Gasteiger partial charge in [-0.05, 0) is 18.2 Å². The van der Waals surface area contributed by atoms with Crippen molar-refractivity contribution in [1.82, 2.24) is 14.6 Å². The monoisotopic (exact) mass is 392 g/mol. The molecular formula is C21H17FN4O3. The van der Waals surface area contributed by atoms with Gasteiger partial charge in [-0.1, -0.05) is 24.3 Å². The number of nitrogens with two attached hydrogens (primary N) is 1. The number of phenols is 1. The van der Waals surface area contributed by atoms with Crippen LogP contribution in [-0.4, -0.2) is 32.8 Å². The first-order valence-corrected chi connectivity index (χ1v) is 8.74. The van der Waals surface area contributed by atoms with E-state index in [1.54, 1.807) is 28.9 Å². The Labute approximate surface area is 165 Å². The van der Waals surface area contributed by atoms with Crippen molar-refractivity contribution in [3.8, 4) is 17.0 Å². The highest BCUT2D eigenvalue weighted by atomic mass is 19.1. The molecule has 0 spiro atoms. The minimum atomic E-state index is -1.08. The zero-order valence-corrected chi connectivity index (χ0v) is 15.4. The molecule has 3 N–H and O–H groups in total. The lowest BCUT2D eigenvalue weighted by molar-refractivity contribution is -0.141. The van der Waals surface area contributed by atoms with Crippen LogP contribution in [0.1, 0.15) is 17.0 Å². The first-order chi connectivity index (χ1) is 14.0. The topological polar surface area (TPSA) is 103 Å². The number of nitrogen functional groups attached to an aromatic ring is 1. The molecule has 2 aromatic carbocycles. The summed E-state index contributed by atoms with van der Waals surface area (Å²) in [6, 6.07) is 12.5. The van der Waals surface area contributed by atoms with Gasteiger partial charge < -0.3 is 15.6 Å². The fourth-order valence-corrected chi connectivity index (χ4v) is 3.41. The Morgan fingerprint density at radius 3 is 2.72 bits per heavy atom. The van der Waals surface area contributed by atoms with Crippen LogP contribution in [-0.2, 0) is 9.53 Å². The zero-order chi connectivity index (χ0) is 20.5. The lowest BCUT2D eigenvalue weighted by Gasteiger charge is -2.17. The van der Waals surface area contributed by atoms with Gasteiger partial charge in [-0.3, -0.25) is 4.79 Å². The number of aromatic nitrogens is 3. The fraction of sp³-hybridized carbons (Fsp3) is 0.0952. The number of rotatable bonds is 4. The zero-order valence-electron chi connectivity index (χ0n) is 15.4. The Kier molecular flexibility index (Phi) is 4.59. The van der Waals surface area contributed by atoms with Gasteiger partial charge in [0.05, 0.1) is 12.6 Å². The number of carbonyl (C=O) groups is 1. The van der Waals surface area contributed by atoms with Gasteiger partial charge in [0.15, 0.2) is 0 Å². The predicted molar refractivity (Wildman–Crippen MR) is 105 cm³/mol. The second-order valence-corrected chi connectivity index (χ2v) is 6.42. The number of methoxy groups -OCH3 is 1. The summed E-state index contributed by atoms with van der Waals surface area (Å²) in [6.45, 7) is 0. The van der Waals surface area contributed by atoms with Crippen molar-refractivity contribution < 1.29 is 19.0 Å². The number of carbonyl (C=O) groups excluding carboxylic acids is 1. The molecule has 0 amide bonds. The maximum atomic E-state index is 14.7. The molecule has 0 aliphatic heterocycles. The molecule has 4 rings (SSSR count). The number of hydrogen-bond donors (Lipinski definition) is 2. The standard InChI is InChI=1S/C21H17FN4O3/c1-29-21(28)18(13-7-6-12(27)10-16(13)22)15-8-9-26-20(15)19(24-11-25-26)14-4-2-3-5-17(14)23/h2-11,18,27H,23H2,1H3. The van der Waals surface area contributed by atoms with E-state index in [4.69, 9.17) is 10.5 Å². The molecular weight excluding hydrogens is 375 g/mol. The summed E-state index contributed by atoms with van der Waals surface area (Å²) in [7, 11) is 1.23. The molecule has 0 aliphatic rings. The average molecular weight is 392 g/mol. The molecule has 0 aliphatic carbocycles. The lowest BCUT2D eigenvalue weighted by atomic mass is 9.90. The van der Waals surface area contributed by atoms with E-state index in [1.807, 2.05) is 12.1 Å². The molecule has 2 aromatic heterocycles. The van der Waals surface area contributed by atoms with Gasteiger partial charge in [0.1, 0.15) is 29.5 Å². The molecule has 29 heavy (non-hydrogen) atoms. The summed E-state index contributed by atoms with van der Waals surface area (Å²) in [5.41, 5.74) is 8.83. The van der Waals surface area contributed by atoms with Crippen molar-refractivity contribution in [1.29, 1.82) is 0 Å². The van der Waals surface area contributed by atoms with Crippen LogP contribution in [0.15, 0.2) is 61.1 Å². The van der Waals surface area contributed by atoms with Crippen LogP contribution in [0.2, 0.25) is 0 Å². The quantitative estimate of drug-likeness (QED) is 0.409. The van der Waals surface area contributed by atoms with Crippen molar-refractivity contribution in [2.45, 2.75) is 5.92 Å². The molecule has 1 atom stereocenters. The second-order valence-electron chi connectivity index (χ2n) is 6.42. The smallest absolute Gasteiger partial charge is 0.317 e. The van der Waals surface area contributed by atoms with Gasteiger partial charge in [-0.15, -0.1) is 0 Å². The van der Waals surface area contributed by atoms with E-state index in [-0.39, 0.29) is 11.3 Å². The van der Waals surface area contributed by atoms with Gasteiger partial charge in [0.25, 0.3) is 0 Å². The van der Waals surface area contributed by atoms with Gasteiger partial charge in [-0.25, -0.2) is 13.9 Å². The first kappa shape index (κ1) is 18.4. The molecule has 2 heterocycles. The van der Waals surface area contributed by atoms with Crippen LogP contribution in [0.3, 0.4) is 0 Å². The van der Waals surface area contributed by atoms with E-state index in [1.165, 1.54) is 25.6 Å². The Morgan fingerprint density at radius 1 is 1.21 bits per heavy atom. The number of aromatic hydroxyl groups is 1. The van der Waals surface area contributed by atoms with Gasteiger partial charge in [-0.2, -0.15) is 5.10 Å². The minimum Gasteiger partial charge on any atom is -0.508 e. The largest absolute Gasteiger partial charge is 0.508 e. The highest BCUT2D eigenvalue weighted by Crippen LogP contribution is 2.37. The van der Waals surface area contributed by atoms with Gasteiger partial charge in [0, 0.05) is 34.6 Å². The summed E-state index contributed by atoms with van der Waals surface area (Å²) in [6.07, 6.45) is 3.04. The number of phenolic OH excluding ortho intramolecular Hbond substituents is 1. The number of esters is 1. The first-order valence-electron chi connectivity index (χ1n) is 8.74. The Bertz CT molecular complexity index is 1220. The molecule has 4 aromatic rings. The summed E-state index contributed by atoms with van der Waals surface area (Å²) in [5.74, 6) is -2.70. The van der Waals surface area contributed by atoms with Crippen LogP contribution in [0.5, 0.6) is 5.75 Å². The van der Waals surface area contributed by atoms with E-state index in [9.17, 15) is 14.3 Å². The highest BCUT2D eigenvalue weighted by Gasteiger charge is 2.30. The molecule has 0 radical (unpaired) electrons. The number of anilines is 1. The number of ether oxygens (including phenoxy) is 1. The number of para-hydroxylation sites is 1. The van der Waals surface area contributed by atoms with E-state index in [0.717, 1.165) is 6.07 Å². The maximum Gasteiger partial charge on any atom is 0.317 e. The highest BCUT2D eigenvalue weighted by molar-refractivity contribution is 5.91. The number of benzene rings is 2. The third-order valence-corrected chi connectivity index (χ3v) is 4.74. The molecule has 0 fully saturated rings. The summed E-state index contributed by atoms with van der Waals surface area (Å²) in [5, 5.41) is 13.7. The van der Waals surface area contributed by atoms with Crippen molar-refractivity contribution >= 4 is 17.2 Å². The van der Waals surface area contributed by atoms with Crippen LogP contribution in [0, 0.1) is 5.82 Å². The SMILES string of the molecule is COC(=O)C(c1ccc(O)cc1F)c1ccn2ncnc(-c3ccccc3N)c12. The number of hydrogen-bond acceptors (Lipinski definition) is 6. The summed E-state index contributed by atoms with van der Waals surface area (Å²) < 4.78 is 21.2. The second kappa shape index (κ2) is 7.23. The van der Waals surface area contributed by atoms with E-state index < -0.39 is 17.7 Å². The number of nitrogens with zero attached hydrogens (tertiary/aromatic N) is 3. The lowest BCUT2D eigenvalue weighted by Crippen LogP contribution is -2.17. The van der Waals surface area contributed by atoms with Crippen LogP contribution >= 0.6 is 0 Å². The Morgan fingerprint density at radius 2 is 2.00 bits per heavy atom. The van der Waals surface area contributed by atoms with Crippen molar-refractivity contribution in [3.05, 3.63) is 78.0 Å². The van der Waals surface area contributed by atoms with Gasteiger partial charge in [0.2, 0.25) is 0 Å². The summed E-state index contributed by atoms with van der Waals surface area (Å²) >= 11 is 0. The maximum absolute atomic E-state index is 14.7. The van der Waals surface area contributed by atoms with Gasteiger partial charge >= 0.3 is 5.97 Å². The van der Waals surface area contributed by atoms with Crippen molar-refractivity contribution in [2.24, 2.45) is 0 Å². The molecule has 146 valence electrons. The van der Waals surface area contributed by atoms with E-state index >= 15 is 0 Å². The molecule has 0 saturated carbocycles. The molecule has 0 saturated heterocycles. The van der Waals surface area contributed by atoms with Crippen molar-refractivity contribution in [3.63, 3.8) is 0 Å². The number of fused-ring (bicyclic) bond motifs is 1. The van der Waals surface area contributed by atoms with E-state index in [2.05, 4.69) is 10.1 Å². The Balaban J connectivity index is 2.01. The third kappa shape index (κ3) is 3.14. The molecule has 7 nitrogen and oxygen atoms in total. The van der Waals surface area contributed by atoms with Crippen LogP contribution in [0.4, 0.5) is 10.1 Å². The average Bonchev–Trinajstić information content (AvgIpc) is 3.14. The molecule has 0 bridgehead atoms.